The van der Waals surface area contributed by atoms with Gasteiger partial charge in [0.05, 0.1) is 20.2 Å². The van der Waals surface area contributed by atoms with Gasteiger partial charge in [-0.1, -0.05) is 42.5 Å². The van der Waals surface area contributed by atoms with E-state index in [0.29, 0.717) is 6.54 Å². The molecule has 1 aliphatic rings. The summed E-state index contributed by atoms with van der Waals surface area (Å²) in [5.41, 5.74) is 2.43. The fourth-order valence-electron chi connectivity index (χ4n) is 3.81. The summed E-state index contributed by atoms with van der Waals surface area (Å²) in [7, 11) is 3.64. The summed E-state index contributed by atoms with van der Waals surface area (Å²) < 4.78 is 5.46. The zero-order valence-electron chi connectivity index (χ0n) is 15.8. The summed E-state index contributed by atoms with van der Waals surface area (Å²) in [4.78, 5) is 16.2. The van der Waals surface area contributed by atoms with Crippen LogP contribution >= 0.6 is 0 Å². The number of piperidine rings is 1. The molecule has 4 nitrogen and oxygen atoms in total. The van der Waals surface area contributed by atoms with Gasteiger partial charge in [-0.3, -0.25) is 4.79 Å². The Labute approximate surface area is 156 Å². The Balaban J connectivity index is 1.50. The molecule has 0 aromatic heterocycles. The van der Waals surface area contributed by atoms with Crippen LogP contribution in [0, 0.1) is 5.92 Å². The molecule has 0 atom stereocenters. The molecular formula is C22H29N2O2+. The average molecular weight is 353 g/mol. The van der Waals surface area contributed by atoms with Crippen LogP contribution in [0.3, 0.4) is 0 Å². The van der Waals surface area contributed by atoms with E-state index in [9.17, 15) is 4.79 Å². The van der Waals surface area contributed by atoms with Crippen LogP contribution < -0.4 is 9.64 Å². The van der Waals surface area contributed by atoms with Gasteiger partial charge in [0.1, 0.15) is 12.3 Å². The van der Waals surface area contributed by atoms with Crippen LogP contribution in [0.5, 0.6) is 5.75 Å². The Bertz CT molecular complexity index is 709. The minimum atomic E-state index is 0.158. The highest BCUT2D eigenvalue weighted by atomic mass is 16.5. The van der Waals surface area contributed by atoms with Crippen molar-refractivity contribution in [2.45, 2.75) is 25.9 Å². The third-order valence-electron chi connectivity index (χ3n) is 5.31. The number of carbonyl (C=O) groups excluding carboxylic acids is 1. The molecule has 0 unspecified atom stereocenters. The molecule has 2 aromatic rings. The Morgan fingerprint density at radius 2 is 1.73 bits per heavy atom. The lowest BCUT2D eigenvalue weighted by Gasteiger charge is -2.31. The van der Waals surface area contributed by atoms with E-state index in [-0.39, 0.29) is 11.8 Å². The maximum atomic E-state index is 12.8. The van der Waals surface area contributed by atoms with Crippen LogP contribution in [0.2, 0.25) is 0 Å². The number of hydrogen-bond donors (Lipinski definition) is 1. The highest BCUT2D eigenvalue weighted by molar-refractivity contribution is 5.78. The highest BCUT2D eigenvalue weighted by Gasteiger charge is 2.29. The Morgan fingerprint density at radius 1 is 1.08 bits per heavy atom. The topological polar surface area (TPSA) is 34.0 Å². The van der Waals surface area contributed by atoms with Gasteiger partial charge < -0.3 is 14.5 Å². The molecule has 0 aliphatic carbocycles. The molecule has 0 spiro atoms. The molecule has 3 rings (SSSR count). The van der Waals surface area contributed by atoms with Gasteiger partial charge >= 0.3 is 0 Å². The number of para-hydroxylation sites is 1. The first-order chi connectivity index (χ1) is 12.7. The fourth-order valence-corrected chi connectivity index (χ4v) is 3.81. The predicted octanol–water partition coefficient (Wildman–Crippen LogP) is 2.15. The van der Waals surface area contributed by atoms with Crippen LogP contribution in [-0.4, -0.2) is 38.1 Å². The summed E-state index contributed by atoms with van der Waals surface area (Å²) in [6.45, 7) is 3.72. The molecule has 1 fully saturated rings. The van der Waals surface area contributed by atoms with Crippen molar-refractivity contribution >= 4 is 5.91 Å². The van der Waals surface area contributed by atoms with Gasteiger partial charge in [-0.25, -0.2) is 0 Å². The molecule has 1 saturated heterocycles. The highest BCUT2D eigenvalue weighted by Crippen LogP contribution is 2.18. The van der Waals surface area contributed by atoms with Crippen molar-refractivity contribution in [2.24, 2.45) is 5.92 Å². The van der Waals surface area contributed by atoms with Gasteiger partial charge in [0.25, 0.3) is 0 Å². The molecule has 138 valence electrons. The number of quaternary nitrogens is 1. The van der Waals surface area contributed by atoms with E-state index >= 15 is 0 Å². The van der Waals surface area contributed by atoms with E-state index in [0.717, 1.165) is 38.2 Å². The largest absolute Gasteiger partial charge is 0.496 e. The van der Waals surface area contributed by atoms with E-state index in [2.05, 4.69) is 24.3 Å². The Hall–Kier alpha value is -2.33. The van der Waals surface area contributed by atoms with Gasteiger partial charge in [0.2, 0.25) is 5.91 Å². The van der Waals surface area contributed by atoms with Crippen molar-refractivity contribution in [3.63, 3.8) is 0 Å². The van der Waals surface area contributed by atoms with Crippen LogP contribution in [0.1, 0.15) is 24.0 Å². The minimum Gasteiger partial charge on any atom is -0.496 e. The molecule has 2 aromatic carbocycles. The number of benzene rings is 2. The van der Waals surface area contributed by atoms with Crippen molar-refractivity contribution < 1.29 is 14.4 Å². The second-order valence-corrected chi connectivity index (χ2v) is 7.19. The van der Waals surface area contributed by atoms with Crippen molar-refractivity contribution in [1.29, 1.82) is 0 Å². The average Bonchev–Trinajstić information content (AvgIpc) is 2.69. The van der Waals surface area contributed by atoms with Crippen molar-refractivity contribution in [3.8, 4) is 5.75 Å². The van der Waals surface area contributed by atoms with E-state index in [4.69, 9.17) is 4.74 Å². The lowest BCUT2D eigenvalue weighted by molar-refractivity contribution is -0.919. The number of carbonyl (C=O) groups is 1. The minimum absolute atomic E-state index is 0.158. The number of nitrogens with one attached hydrogen (secondary N) is 1. The first-order valence-electron chi connectivity index (χ1n) is 9.41. The molecule has 0 radical (unpaired) electrons. The fraction of sp³-hybridized carbons (Fsp3) is 0.409. The molecule has 1 N–H and O–H groups in total. The van der Waals surface area contributed by atoms with Crippen LogP contribution in [0.25, 0.3) is 0 Å². The summed E-state index contributed by atoms with van der Waals surface area (Å²) in [5, 5.41) is 0. The van der Waals surface area contributed by atoms with Gasteiger partial charge in [0, 0.05) is 37.9 Å². The zero-order valence-corrected chi connectivity index (χ0v) is 15.8. The van der Waals surface area contributed by atoms with Gasteiger partial charge in [-0.2, -0.15) is 0 Å². The van der Waals surface area contributed by atoms with Crippen molar-refractivity contribution in [1.82, 2.24) is 4.90 Å². The van der Waals surface area contributed by atoms with E-state index < -0.39 is 0 Å². The lowest BCUT2D eigenvalue weighted by Crippen LogP contribution is -3.11. The smallest absolute Gasteiger partial charge is 0.226 e. The van der Waals surface area contributed by atoms with Gasteiger partial charge in [0.15, 0.2) is 0 Å². The summed E-state index contributed by atoms with van der Waals surface area (Å²) in [6.07, 6.45) is 1.92. The molecule has 0 saturated carbocycles. The number of likely N-dealkylation sites (tertiary alicyclic amines) is 1. The summed E-state index contributed by atoms with van der Waals surface area (Å²) in [5.74, 6) is 1.40. The first kappa shape index (κ1) is 18.5. The normalized spacial score (nSPS) is 19.8. The van der Waals surface area contributed by atoms with Gasteiger partial charge in [-0.15, -0.1) is 0 Å². The molecule has 1 aliphatic heterocycles. The van der Waals surface area contributed by atoms with E-state index in [1.807, 2.05) is 42.3 Å². The number of hydrogen-bond acceptors (Lipinski definition) is 2. The SMILES string of the molecule is COc1ccccc1C[NH+]1CCC(C(=O)N(C)Cc2ccccc2)CC1. The number of ether oxygens (including phenoxy) is 1. The van der Waals surface area contributed by atoms with E-state index in [1.165, 1.54) is 16.0 Å². The lowest BCUT2D eigenvalue weighted by atomic mass is 9.95. The van der Waals surface area contributed by atoms with Crippen molar-refractivity contribution in [2.75, 3.05) is 27.2 Å². The second kappa shape index (κ2) is 8.86. The number of methoxy groups -OCH3 is 1. The van der Waals surface area contributed by atoms with Crippen molar-refractivity contribution in [3.05, 3.63) is 65.7 Å². The number of nitrogens with zero attached hydrogens (tertiary/aromatic N) is 1. The summed E-state index contributed by atoms with van der Waals surface area (Å²) in [6, 6.07) is 18.4. The second-order valence-electron chi connectivity index (χ2n) is 7.19. The molecule has 26 heavy (non-hydrogen) atoms. The van der Waals surface area contributed by atoms with Crippen LogP contribution in [-0.2, 0) is 17.9 Å². The quantitative estimate of drug-likeness (QED) is 0.863. The van der Waals surface area contributed by atoms with E-state index in [1.54, 1.807) is 7.11 Å². The summed E-state index contributed by atoms with van der Waals surface area (Å²) >= 11 is 0. The van der Waals surface area contributed by atoms with Gasteiger partial charge in [-0.05, 0) is 17.7 Å². The maximum Gasteiger partial charge on any atom is 0.226 e. The molecule has 4 heteroatoms. The maximum absolute atomic E-state index is 12.8. The monoisotopic (exact) mass is 353 g/mol. The first-order valence-corrected chi connectivity index (χ1v) is 9.41. The number of amides is 1. The molecular weight excluding hydrogens is 324 g/mol. The third-order valence-corrected chi connectivity index (χ3v) is 5.31. The van der Waals surface area contributed by atoms with Crippen LogP contribution in [0.15, 0.2) is 54.6 Å². The number of rotatable bonds is 6. The molecule has 1 heterocycles. The standard InChI is InChI=1S/C22H28N2O2/c1-23(16-18-8-4-3-5-9-18)22(25)19-12-14-24(15-13-19)17-20-10-6-7-11-21(20)26-2/h3-11,19H,12-17H2,1-2H3/p+1. The molecule has 1 amide bonds. The Morgan fingerprint density at radius 3 is 2.42 bits per heavy atom. The Kier molecular flexibility index (Phi) is 6.29. The third kappa shape index (κ3) is 4.64. The predicted molar refractivity (Wildman–Crippen MR) is 103 cm³/mol. The zero-order chi connectivity index (χ0) is 18.4. The molecule has 0 bridgehead atoms. The van der Waals surface area contributed by atoms with Crippen LogP contribution in [0.4, 0.5) is 0 Å².